The Kier molecular flexibility index (Phi) is 7.26. The fourth-order valence-electron chi connectivity index (χ4n) is 3.77. The third kappa shape index (κ3) is 5.11. The molecule has 1 aliphatic rings. The van der Waals surface area contributed by atoms with Gasteiger partial charge in [-0.05, 0) is 36.1 Å². The van der Waals surface area contributed by atoms with Gasteiger partial charge in [-0.25, -0.2) is 13.8 Å². The van der Waals surface area contributed by atoms with Gasteiger partial charge >= 0.3 is 12.0 Å². The van der Waals surface area contributed by atoms with Crippen molar-refractivity contribution >= 4 is 11.9 Å². The number of benzene rings is 1. The minimum Gasteiger partial charge on any atom is -0.460 e. The molecule has 1 fully saturated rings. The Morgan fingerprint density at radius 1 is 1.18 bits per heavy atom. The number of carbonyl (C=O) groups is 2. The second kappa shape index (κ2) is 9.78. The summed E-state index contributed by atoms with van der Waals surface area (Å²) in [6.07, 6.45) is 0.237. The number of hydrogen-bond donors (Lipinski definition) is 1. The van der Waals surface area contributed by atoms with Crippen LogP contribution < -0.4 is 11.3 Å². The van der Waals surface area contributed by atoms with Crippen LogP contribution in [0.25, 0.3) is 11.1 Å². The molecule has 2 aromatic rings. The third-order valence-electron chi connectivity index (χ3n) is 5.87. The molecule has 178 valence electrons. The molecule has 0 radical (unpaired) electrons. The summed E-state index contributed by atoms with van der Waals surface area (Å²) in [5, 5.41) is 0. The number of quaternary nitrogens is 1. The van der Waals surface area contributed by atoms with E-state index < -0.39 is 29.8 Å². The van der Waals surface area contributed by atoms with Crippen LogP contribution in [0.3, 0.4) is 0 Å². The number of pyridine rings is 1. The summed E-state index contributed by atoms with van der Waals surface area (Å²) in [5.74, 6) is -2.27. The lowest BCUT2D eigenvalue weighted by atomic mass is 9.91. The molecule has 0 bridgehead atoms. The molecule has 1 aliphatic heterocycles. The first-order chi connectivity index (χ1) is 15.6. The Labute approximate surface area is 188 Å². The SMILES string of the molecule is CCOC(=O)C(F)(F)n1cc(-c2ccc([C@H](C)[C@H]([NH3+])C(=O)N3CC[C@H](F)C3)cc2)ccc1=O. The number of esters is 1. The molecule has 0 unspecified atom stereocenters. The number of ether oxygens (including phenoxy) is 1. The molecule has 0 aliphatic carbocycles. The van der Waals surface area contributed by atoms with Crippen molar-refractivity contribution in [3.63, 3.8) is 0 Å². The molecular formula is C23H27F3N3O4+. The largest absolute Gasteiger partial charge is 0.460 e. The fourth-order valence-corrected chi connectivity index (χ4v) is 3.77. The summed E-state index contributed by atoms with van der Waals surface area (Å²) < 4.78 is 46.7. The average molecular weight is 466 g/mol. The van der Waals surface area contributed by atoms with Crippen molar-refractivity contribution in [3.05, 3.63) is 58.5 Å². The Bertz CT molecular complexity index is 1070. The van der Waals surface area contributed by atoms with Crippen molar-refractivity contribution in [1.29, 1.82) is 0 Å². The summed E-state index contributed by atoms with van der Waals surface area (Å²) in [5.41, 5.74) is 4.55. The van der Waals surface area contributed by atoms with Crippen LogP contribution in [0.5, 0.6) is 0 Å². The second-order valence-electron chi connectivity index (χ2n) is 8.08. The number of nitrogens with zero attached hydrogens (tertiary/aromatic N) is 2. The molecule has 1 saturated heterocycles. The number of carbonyl (C=O) groups excluding carboxylic acids is 2. The second-order valence-corrected chi connectivity index (χ2v) is 8.08. The van der Waals surface area contributed by atoms with Gasteiger partial charge in [0.15, 0.2) is 6.04 Å². The van der Waals surface area contributed by atoms with E-state index in [0.29, 0.717) is 24.1 Å². The summed E-state index contributed by atoms with van der Waals surface area (Å²) in [6.45, 7) is 3.45. The molecule has 3 atom stereocenters. The van der Waals surface area contributed by atoms with Crippen LogP contribution >= 0.6 is 0 Å². The van der Waals surface area contributed by atoms with E-state index in [0.717, 1.165) is 17.8 Å². The topological polar surface area (TPSA) is 96.2 Å². The van der Waals surface area contributed by atoms with Crippen molar-refractivity contribution in [2.75, 3.05) is 19.7 Å². The first-order valence-corrected chi connectivity index (χ1v) is 10.7. The summed E-state index contributed by atoms with van der Waals surface area (Å²) in [4.78, 5) is 37.7. The maximum Gasteiger partial charge on any atom is 0.429 e. The molecule has 10 heteroatoms. The lowest BCUT2D eigenvalue weighted by molar-refractivity contribution is -0.410. The van der Waals surface area contributed by atoms with Gasteiger partial charge < -0.3 is 15.4 Å². The third-order valence-corrected chi connectivity index (χ3v) is 5.87. The number of alkyl halides is 3. The number of hydrogen-bond acceptors (Lipinski definition) is 4. The van der Waals surface area contributed by atoms with Crippen LogP contribution in [0.1, 0.15) is 31.7 Å². The van der Waals surface area contributed by atoms with Gasteiger partial charge in [-0.2, -0.15) is 8.78 Å². The van der Waals surface area contributed by atoms with Crippen molar-refractivity contribution < 1.29 is 33.2 Å². The van der Waals surface area contributed by atoms with Crippen LogP contribution in [-0.4, -0.2) is 53.3 Å². The minimum atomic E-state index is -4.15. The van der Waals surface area contributed by atoms with E-state index in [2.05, 4.69) is 10.5 Å². The van der Waals surface area contributed by atoms with Crippen LogP contribution in [0.2, 0.25) is 0 Å². The molecule has 0 spiro atoms. The average Bonchev–Trinajstić information content (AvgIpc) is 3.24. The molecule has 3 N–H and O–H groups in total. The number of likely N-dealkylation sites (tertiary alicyclic amines) is 1. The predicted molar refractivity (Wildman–Crippen MR) is 114 cm³/mol. The van der Waals surface area contributed by atoms with Gasteiger partial charge in [0.05, 0.1) is 13.2 Å². The van der Waals surface area contributed by atoms with Crippen molar-refractivity contribution in [2.45, 2.75) is 44.4 Å². The lowest BCUT2D eigenvalue weighted by Crippen LogP contribution is -2.69. The Hall–Kier alpha value is -3.14. The number of halogens is 3. The van der Waals surface area contributed by atoms with Crippen LogP contribution in [-0.2, 0) is 20.4 Å². The molecule has 3 rings (SSSR count). The molecular weight excluding hydrogens is 439 g/mol. The molecule has 33 heavy (non-hydrogen) atoms. The van der Waals surface area contributed by atoms with Gasteiger partial charge in [-0.3, -0.25) is 9.59 Å². The van der Waals surface area contributed by atoms with Gasteiger partial charge in [0.25, 0.3) is 11.5 Å². The van der Waals surface area contributed by atoms with Crippen molar-refractivity contribution in [2.24, 2.45) is 0 Å². The highest BCUT2D eigenvalue weighted by molar-refractivity contribution is 5.81. The van der Waals surface area contributed by atoms with Gasteiger partial charge in [0.1, 0.15) is 6.17 Å². The van der Waals surface area contributed by atoms with E-state index in [9.17, 15) is 27.6 Å². The predicted octanol–water partition coefficient (Wildman–Crippen LogP) is 1.91. The lowest BCUT2D eigenvalue weighted by Gasteiger charge is -2.22. The molecule has 1 aromatic heterocycles. The number of amides is 1. The van der Waals surface area contributed by atoms with Crippen LogP contribution in [0.15, 0.2) is 47.4 Å². The summed E-state index contributed by atoms with van der Waals surface area (Å²) >= 11 is 0. The summed E-state index contributed by atoms with van der Waals surface area (Å²) in [7, 11) is 0. The number of aromatic nitrogens is 1. The van der Waals surface area contributed by atoms with E-state index in [1.807, 2.05) is 6.92 Å². The van der Waals surface area contributed by atoms with E-state index in [1.165, 1.54) is 17.9 Å². The molecule has 1 amide bonds. The maximum absolute atomic E-state index is 14.4. The van der Waals surface area contributed by atoms with Crippen LogP contribution in [0.4, 0.5) is 13.2 Å². The highest BCUT2D eigenvalue weighted by Gasteiger charge is 2.43. The first-order valence-electron chi connectivity index (χ1n) is 10.7. The minimum absolute atomic E-state index is 0.0513. The fraction of sp³-hybridized carbons (Fsp3) is 0.435. The van der Waals surface area contributed by atoms with E-state index in [4.69, 9.17) is 0 Å². The molecule has 0 saturated carbocycles. The van der Waals surface area contributed by atoms with Crippen LogP contribution in [0, 0.1) is 0 Å². The number of rotatable bonds is 7. The van der Waals surface area contributed by atoms with E-state index in [1.54, 1.807) is 24.3 Å². The van der Waals surface area contributed by atoms with Gasteiger partial charge in [-0.15, -0.1) is 0 Å². The first kappa shape index (κ1) is 24.5. The molecule has 7 nitrogen and oxygen atoms in total. The van der Waals surface area contributed by atoms with Crippen molar-refractivity contribution in [3.8, 4) is 11.1 Å². The van der Waals surface area contributed by atoms with Gasteiger partial charge in [0.2, 0.25) is 0 Å². The molecule has 2 heterocycles. The zero-order valence-electron chi connectivity index (χ0n) is 18.5. The zero-order valence-corrected chi connectivity index (χ0v) is 18.5. The van der Waals surface area contributed by atoms with E-state index >= 15 is 0 Å². The Morgan fingerprint density at radius 2 is 1.82 bits per heavy atom. The normalized spacial score (nSPS) is 18.1. The maximum atomic E-state index is 14.4. The standard InChI is InChI=1S/C23H26F3N3O4/c1-3-33-22(32)23(25,26)29-12-17(8-9-19(29)30)16-6-4-15(5-7-16)14(2)20(27)21(31)28-11-10-18(24)13-28/h4-9,12,14,18,20H,3,10-11,13,27H2,1-2H3/p+1/t14-,18-,20-/m0/s1. The molecule has 1 aromatic carbocycles. The monoisotopic (exact) mass is 466 g/mol. The van der Waals surface area contributed by atoms with Crippen molar-refractivity contribution in [1.82, 2.24) is 9.47 Å². The summed E-state index contributed by atoms with van der Waals surface area (Å²) in [6, 6.07) is 4.41. The van der Waals surface area contributed by atoms with Gasteiger partial charge in [0, 0.05) is 24.7 Å². The smallest absolute Gasteiger partial charge is 0.429 e. The zero-order chi connectivity index (χ0) is 24.3. The quantitative estimate of drug-likeness (QED) is 0.631. The Morgan fingerprint density at radius 3 is 2.39 bits per heavy atom. The van der Waals surface area contributed by atoms with Gasteiger partial charge in [-0.1, -0.05) is 31.2 Å². The Balaban J connectivity index is 1.80. The highest BCUT2D eigenvalue weighted by Crippen LogP contribution is 2.27. The highest BCUT2D eigenvalue weighted by atomic mass is 19.3. The van der Waals surface area contributed by atoms with E-state index in [-0.39, 0.29) is 29.5 Å².